The number of benzene rings is 2. The van der Waals surface area contributed by atoms with Crippen molar-refractivity contribution in [1.82, 2.24) is 29.7 Å². The third-order valence-corrected chi connectivity index (χ3v) is 10.1. The Kier molecular flexibility index (Phi) is 8.10. The topological polar surface area (TPSA) is 91.3 Å². The molecule has 2 aliphatic rings. The van der Waals surface area contributed by atoms with Crippen LogP contribution in [0.15, 0.2) is 47.3 Å². The average molecular weight is 636 g/mol. The normalized spacial score (nSPS) is 19.5. The van der Waals surface area contributed by atoms with E-state index in [2.05, 4.69) is 96.8 Å². The molecule has 4 aromatic rings. The van der Waals surface area contributed by atoms with Gasteiger partial charge in [-0.3, -0.25) is 14.9 Å². The van der Waals surface area contributed by atoms with Crippen LogP contribution in [0.25, 0.3) is 11.0 Å². The van der Waals surface area contributed by atoms with Crippen LogP contribution >= 0.6 is 23.9 Å². The van der Waals surface area contributed by atoms with Gasteiger partial charge in [0.1, 0.15) is 11.6 Å². The molecule has 2 N–H and O–H groups in total. The van der Waals surface area contributed by atoms with Gasteiger partial charge in [0, 0.05) is 54.8 Å². The lowest BCUT2D eigenvalue weighted by Crippen LogP contribution is -2.43. The fourth-order valence-electron chi connectivity index (χ4n) is 6.15. The summed E-state index contributed by atoms with van der Waals surface area (Å²) >= 11 is 3.64. The number of likely N-dealkylation sites (tertiary alicyclic amines) is 1. The lowest BCUT2D eigenvalue weighted by molar-refractivity contribution is 0.136. The molecular weight excluding hydrogens is 599 g/mol. The number of ether oxygens (including phenoxy) is 1. The zero-order chi connectivity index (χ0) is 28.7. The van der Waals surface area contributed by atoms with Crippen molar-refractivity contribution in [3.63, 3.8) is 0 Å². The maximum absolute atomic E-state index is 5.86. The van der Waals surface area contributed by atoms with E-state index < -0.39 is 7.92 Å². The van der Waals surface area contributed by atoms with Crippen LogP contribution in [-0.4, -0.2) is 82.9 Å². The van der Waals surface area contributed by atoms with Crippen LogP contribution in [0.4, 0.5) is 23.1 Å². The lowest BCUT2D eigenvalue weighted by atomic mass is 9.91. The number of methoxy groups -OCH3 is 1. The first-order valence-corrected chi connectivity index (χ1v) is 17.0. The number of hydrogen-bond donors (Lipinski definition) is 2. The SMILES string of the molecule is COc1cc2c(cc1Nc1ncc(Br)c(Nc3ccc4nccnc4c3P(C)C)n1)CCN(C1CCN(C)C1)C2C. The molecule has 2 aliphatic heterocycles. The molecule has 2 aromatic carbocycles. The summed E-state index contributed by atoms with van der Waals surface area (Å²) in [6, 6.07) is 9.41. The first kappa shape index (κ1) is 28.2. The zero-order valence-corrected chi connectivity index (χ0v) is 26.6. The summed E-state index contributed by atoms with van der Waals surface area (Å²) < 4.78 is 6.63. The molecule has 0 bridgehead atoms. The Labute approximate surface area is 251 Å². The van der Waals surface area contributed by atoms with E-state index in [-0.39, 0.29) is 0 Å². The number of anilines is 4. The standard InChI is InChI=1S/C30H36BrN8OP/c1-18-21-15-26(40-3)25(14-19(21)8-13-39(18)20-9-12-38(2)17-20)36-30-34-16-22(31)29(37-30)35-24-7-6-23-27(28(24)41(4)5)33-11-10-32-23/h6-7,10-11,14-16,18,20H,8-9,12-13,17H2,1-5H3,(H2,34,35,36,37). The van der Waals surface area contributed by atoms with E-state index in [1.54, 1.807) is 25.7 Å². The van der Waals surface area contributed by atoms with E-state index in [4.69, 9.17) is 9.72 Å². The van der Waals surface area contributed by atoms with Crippen molar-refractivity contribution in [2.24, 2.45) is 0 Å². The Hall–Kier alpha value is -2.91. The first-order valence-electron chi connectivity index (χ1n) is 13.9. The minimum absolute atomic E-state index is 0.349. The van der Waals surface area contributed by atoms with Gasteiger partial charge in [-0.1, -0.05) is 7.92 Å². The summed E-state index contributed by atoms with van der Waals surface area (Å²) in [5.74, 6) is 1.96. The van der Waals surface area contributed by atoms with Crippen LogP contribution in [0.3, 0.4) is 0 Å². The van der Waals surface area contributed by atoms with Crippen molar-refractivity contribution in [2.75, 3.05) is 57.8 Å². The molecule has 214 valence electrons. The van der Waals surface area contributed by atoms with E-state index >= 15 is 0 Å². The smallest absolute Gasteiger partial charge is 0.229 e. The van der Waals surface area contributed by atoms with Gasteiger partial charge in [-0.25, -0.2) is 4.98 Å². The van der Waals surface area contributed by atoms with Crippen molar-refractivity contribution in [1.29, 1.82) is 0 Å². The monoisotopic (exact) mass is 634 g/mol. The minimum Gasteiger partial charge on any atom is -0.495 e. The van der Waals surface area contributed by atoms with Gasteiger partial charge < -0.3 is 20.3 Å². The number of aromatic nitrogens is 4. The number of nitrogens with one attached hydrogen (secondary N) is 2. The summed E-state index contributed by atoms with van der Waals surface area (Å²) in [6.07, 6.45) is 7.48. The van der Waals surface area contributed by atoms with Crippen LogP contribution in [0.5, 0.6) is 5.75 Å². The summed E-state index contributed by atoms with van der Waals surface area (Å²) in [6.45, 7) is 10.1. The molecule has 2 aromatic heterocycles. The molecular formula is C30H36BrN8OP. The number of halogens is 1. The number of hydrogen-bond acceptors (Lipinski definition) is 9. The van der Waals surface area contributed by atoms with Crippen molar-refractivity contribution in [2.45, 2.75) is 31.8 Å². The largest absolute Gasteiger partial charge is 0.495 e. The molecule has 1 saturated heterocycles. The molecule has 0 amide bonds. The van der Waals surface area contributed by atoms with Crippen LogP contribution < -0.4 is 20.7 Å². The summed E-state index contributed by atoms with van der Waals surface area (Å²) in [4.78, 5) is 23.6. The molecule has 9 nitrogen and oxygen atoms in total. The van der Waals surface area contributed by atoms with Crippen molar-refractivity contribution >= 4 is 63.3 Å². The molecule has 4 heterocycles. The van der Waals surface area contributed by atoms with Gasteiger partial charge in [-0.2, -0.15) is 4.98 Å². The molecule has 2 unspecified atom stereocenters. The number of fused-ring (bicyclic) bond motifs is 2. The van der Waals surface area contributed by atoms with E-state index in [9.17, 15) is 0 Å². The predicted molar refractivity (Wildman–Crippen MR) is 172 cm³/mol. The fraction of sp³-hybridized carbons (Fsp3) is 0.400. The number of nitrogens with zero attached hydrogens (tertiary/aromatic N) is 6. The second kappa shape index (κ2) is 11.8. The van der Waals surface area contributed by atoms with Gasteiger partial charge in [0.15, 0.2) is 0 Å². The molecule has 0 radical (unpaired) electrons. The second-order valence-corrected chi connectivity index (χ2v) is 14.1. The van der Waals surface area contributed by atoms with Crippen LogP contribution in [-0.2, 0) is 6.42 Å². The van der Waals surface area contributed by atoms with Gasteiger partial charge >= 0.3 is 0 Å². The molecule has 41 heavy (non-hydrogen) atoms. The van der Waals surface area contributed by atoms with E-state index in [1.807, 2.05) is 6.07 Å². The molecule has 0 aliphatic carbocycles. The van der Waals surface area contributed by atoms with Crippen LogP contribution in [0.2, 0.25) is 0 Å². The first-order chi connectivity index (χ1) is 19.8. The second-order valence-electron chi connectivity index (χ2n) is 11.0. The molecule has 6 rings (SSSR count). The summed E-state index contributed by atoms with van der Waals surface area (Å²) in [5.41, 5.74) is 6.34. The minimum atomic E-state index is -0.455. The summed E-state index contributed by atoms with van der Waals surface area (Å²) in [5, 5.41) is 8.13. The van der Waals surface area contributed by atoms with E-state index in [0.29, 0.717) is 23.8 Å². The third kappa shape index (κ3) is 5.63. The molecule has 11 heteroatoms. The van der Waals surface area contributed by atoms with Gasteiger partial charge in [0.2, 0.25) is 5.95 Å². The lowest BCUT2D eigenvalue weighted by Gasteiger charge is -2.39. The Morgan fingerprint density at radius 2 is 1.88 bits per heavy atom. The number of rotatable bonds is 7. The Morgan fingerprint density at radius 1 is 1.05 bits per heavy atom. The highest BCUT2D eigenvalue weighted by atomic mass is 79.9. The zero-order valence-electron chi connectivity index (χ0n) is 24.1. The molecule has 2 atom stereocenters. The van der Waals surface area contributed by atoms with Crippen molar-refractivity contribution < 1.29 is 4.74 Å². The maximum atomic E-state index is 5.86. The van der Waals surface area contributed by atoms with Crippen LogP contribution in [0, 0.1) is 0 Å². The van der Waals surface area contributed by atoms with Gasteiger partial charge in [-0.05, 0) is 98.0 Å². The molecule has 1 fully saturated rings. The predicted octanol–water partition coefficient (Wildman–Crippen LogP) is 5.67. The van der Waals surface area contributed by atoms with Crippen LogP contribution in [0.1, 0.15) is 30.5 Å². The number of likely N-dealkylation sites (N-methyl/N-ethyl adjacent to an activating group) is 1. The summed E-state index contributed by atoms with van der Waals surface area (Å²) in [7, 11) is 3.48. The third-order valence-electron chi connectivity index (χ3n) is 8.19. The Bertz CT molecular complexity index is 1580. The fourth-order valence-corrected chi connectivity index (χ4v) is 7.65. The highest BCUT2D eigenvalue weighted by molar-refractivity contribution is 9.10. The highest BCUT2D eigenvalue weighted by Crippen LogP contribution is 2.40. The van der Waals surface area contributed by atoms with Crippen molar-refractivity contribution in [3.8, 4) is 5.75 Å². The Morgan fingerprint density at radius 3 is 2.63 bits per heavy atom. The van der Waals surface area contributed by atoms with Gasteiger partial charge in [0.05, 0.1) is 28.3 Å². The Balaban J connectivity index is 1.27. The quantitative estimate of drug-likeness (QED) is 0.250. The van der Waals surface area contributed by atoms with E-state index in [1.165, 1.54) is 24.1 Å². The van der Waals surface area contributed by atoms with Crippen molar-refractivity contribution in [3.05, 3.63) is 58.5 Å². The van der Waals surface area contributed by atoms with Gasteiger partial charge in [-0.15, -0.1) is 0 Å². The highest BCUT2D eigenvalue weighted by Gasteiger charge is 2.33. The van der Waals surface area contributed by atoms with E-state index in [0.717, 1.165) is 57.4 Å². The average Bonchev–Trinajstić information content (AvgIpc) is 3.40. The molecule has 0 saturated carbocycles. The molecule has 0 spiro atoms. The van der Waals surface area contributed by atoms with Gasteiger partial charge in [0.25, 0.3) is 0 Å². The maximum Gasteiger partial charge on any atom is 0.229 e.